The number of nitrogens with one attached hydrogen (secondary N) is 2. The van der Waals surface area contributed by atoms with Gasteiger partial charge in [-0.1, -0.05) is 12.1 Å². The third-order valence-electron chi connectivity index (χ3n) is 5.05. The second-order valence-corrected chi connectivity index (χ2v) is 8.81. The van der Waals surface area contributed by atoms with Gasteiger partial charge in [0.1, 0.15) is 5.00 Å². The summed E-state index contributed by atoms with van der Waals surface area (Å²) >= 11 is 1.52. The molecule has 2 heterocycles. The van der Waals surface area contributed by atoms with E-state index in [4.69, 9.17) is 0 Å². The number of aromatic nitrogens is 4. The van der Waals surface area contributed by atoms with Gasteiger partial charge < -0.3 is 10.6 Å². The number of hydrogen-bond acceptors (Lipinski definition) is 6. The van der Waals surface area contributed by atoms with Crippen LogP contribution < -0.4 is 10.6 Å². The van der Waals surface area contributed by atoms with Crippen molar-refractivity contribution < 1.29 is 9.59 Å². The number of aryl methyl sites for hydroxylation is 2. The Hall–Kier alpha value is -3.07. The van der Waals surface area contributed by atoms with Gasteiger partial charge in [-0.15, -0.1) is 16.4 Å². The number of benzene rings is 1. The molecule has 30 heavy (non-hydrogen) atoms. The predicted octanol–water partition coefficient (Wildman–Crippen LogP) is 3.21. The molecule has 0 unspecified atom stereocenters. The zero-order valence-electron chi connectivity index (χ0n) is 17.2. The number of hydrogen-bond donors (Lipinski definition) is 2. The van der Waals surface area contributed by atoms with E-state index in [1.165, 1.54) is 16.2 Å². The molecule has 8 nitrogen and oxygen atoms in total. The van der Waals surface area contributed by atoms with Gasteiger partial charge in [0.05, 0.1) is 5.56 Å². The van der Waals surface area contributed by atoms with Crippen molar-refractivity contribution in [2.24, 2.45) is 7.05 Å². The van der Waals surface area contributed by atoms with Crippen LogP contribution in [0.25, 0.3) is 11.4 Å². The van der Waals surface area contributed by atoms with Gasteiger partial charge in [-0.3, -0.25) is 9.59 Å². The first-order chi connectivity index (χ1) is 14.4. The number of nitrogens with zero attached hydrogens (tertiary/aromatic N) is 4. The molecule has 2 amide bonds. The van der Waals surface area contributed by atoms with Gasteiger partial charge in [0.2, 0.25) is 0 Å². The summed E-state index contributed by atoms with van der Waals surface area (Å²) < 4.78 is 1.55. The maximum atomic E-state index is 13.0. The summed E-state index contributed by atoms with van der Waals surface area (Å²) in [5.41, 5.74) is 2.93. The SMILES string of the molecule is CC(C)NC(=O)c1c(NC(=O)c2cccc(-c3nnnn3C)c2)sc2c1CCCC2. The summed E-state index contributed by atoms with van der Waals surface area (Å²) in [6, 6.07) is 7.17. The van der Waals surface area contributed by atoms with Crippen molar-refractivity contribution in [2.45, 2.75) is 45.6 Å². The first-order valence-corrected chi connectivity index (χ1v) is 10.8. The molecule has 0 radical (unpaired) electrons. The molecule has 1 aliphatic carbocycles. The van der Waals surface area contributed by atoms with Crippen LogP contribution in [0.5, 0.6) is 0 Å². The number of amides is 2. The third kappa shape index (κ3) is 3.97. The van der Waals surface area contributed by atoms with E-state index in [2.05, 4.69) is 26.2 Å². The predicted molar refractivity (Wildman–Crippen MR) is 116 cm³/mol. The van der Waals surface area contributed by atoms with Crippen molar-refractivity contribution in [3.05, 3.63) is 45.8 Å². The molecule has 0 saturated carbocycles. The number of carbonyl (C=O) groups is 2. The van der Waals surface area contributed by atoms with Crippen LogP contribution in [-0.4, -0.2) is 38.1 Å². The Morgan fingerprint density at radius 2 is 1.97 bits per heavy atom. The van der Waals surface area contributed by atoms with Gasteiger partial charge in [-0.05, 0) is 67.7 Å². The molecule has 0 spiro atoms. The number of rotatable bonds is 5. The van der Waals surface area contributed by atoms with Crippen molar-refractivity contribution in [1.29, 1.82) is 0 Å². The van der Waals surface area contributed by atoms with Crippen molar-refractivity contribution >= 4 is 28.2 Å². The fraction of sp³-hybridized carbons (Fsp3) is 0.381. The summed E-state index contributed by atoms with van der Waals surface area (Å²) in [5.74, 6) is 0.191. The summed E-state index contributed by atoms with van der Waals surface area (Å²) in [6.45, 7) is 3.86. The first kappa shape index (κ1) is 20.2. The van der Waals surface area contributed by atoms with Crippen LogP contribution in [-0.2, 0) is 19.9 Å². The van der Waals surface area contributed by atoms with Gasteiger partial charge in [0, 0.05) is 29.1 Å². The van der Waals surface area contributed by atoms with Gasteiger partial charge in [0.15, 0.2) is 5.82 Å². The van der Waals surface area contributed by atoms with E-state index in [0.717, 1.165) is 36.8 Å². The van der Waals surface area contributed by atoms with Crippen LogP contribution >= 0.6 is 11.3 Å². The van der Waals surface area contributed by atoms with Crippen molar-refractivity contribution in [1.82, 2.24) is 25.5 Å². The fourth-order valence-corrected chi connectivity index (χ4v) is 4.96. The molecule has 1 aromatic carbocycles. The molecule has 4 rings (SSSR count). The Bertz CT molecular complexity index is 1100. The molecule has 0 atom stereocenters. The molecule has 0 aliphatic heterocycles. The van der Waals surface area contributed by atoms with Crippen LogP contribution in [0.3, 0.4) is 0 Å². The first-order valence-electron chi connectivity index (χ1n) is 10.0. The van der Waals surface area contributed by atoms with Crippen molar-refractivity contribution in [3.63, 3.8) is 0 Å². The smallest absolute Gasteiger partial charge is 0.256 e. The van der Waals surface area contributed by atoms with Crippen molar-refractivity contribution in [3.8, 4) is 11.4 Å². The molecule has 156 valence electrons. The summed E-state index contributed by atoms with van der Waals surface area (Å²) in [5, 5.41) is 18.1. The van der Waals surface area contributed by atoms with Gasteiger partial charge in [-0.2, -0.15) is 0 Å². The molecule has 0 fully saturated rings. The molecular formula is C21H24N6O2S. The zero-order valence-corrected chi connectivity index (χ0v) is 18.0. The van der Waals surface area contributed by atoms with E-state index >= 15 is 0 Å². The van der Waals surface area contributed by atoms with Gasteiger partial charge >= 0.3 is 0 Å². The highest BCUT2D eigenvalue weighted by molar-refractivity contribution is 7.17. The monoisotopic (exact) mass is 424 g/mol. The van der Waals surface area contributed by atoms with Crippen LogP contribution in [0.4, 0.5) is 5.00 Å². The lowest BCUT2D eigenvalue weighted by Gasteiger charge is -2.14. The number of thiophene rings is 1. The second kappa shape index (κ2) is 8.35. The fourth-order valence-electron chi connectivity index (χ4n) is 3.68. The quantitative estimate of drug-likeness (QED) is 0.655. The van der Waals surface area contributed by atoms with E-state index in [1.807, 2.05) is 19.9 Å². The largest absolute Gasteiger partial charge is 0.350 e. The highest BCUT2D eigenvalue weighted by Gasteiger charge is 2.27. The van der Waals surface area contributed by atoms with E-state index < -0.39 is 0 Å². The lowest BCUT2D eigenvalue weighted by molar-refractivity contribution is 0.0943. The topological polar surface area (TPSA) is 102 Å². The maximum Gasteiger partial charge on any atom is 0.256 e. The number of tetrazole rings is 1. The van der Waals surface area contributed by atoms with Gasteiger partial charge in [0.25, 0.3) is 11.8 Å². The van der Waals surface area contributed by atoms with Crippen LogP contribution in [0.1, 0.15) is 57.8 Å². The van der Waals surface area contributed by atoms with E-state index in [-0.39, 0.29) is 17.9 Å². The molecule has 2 aromatic heterocycles. The summed E-state index contributed by atoms with van der Waals surface area (Å²) in [6.07, 6.45) is 4.00. The molecule has 3 aromatic rings. The highest BCUT2D eigenvalue weighted by atomic mass is 32.1. The summed E-state index contributed by atoms with van der Waals surface area (Å²) in [4.78, 5) is 27.1. The minimum atomic E-state index is -0.260. The molecule has 0 bridgehead atoms. The molecule has 9 heteroatoms. The molecule has 2 N–H and O–H groups in total. The molecule has 0 saturated heterocycles. The normalized spacial score (nSPS) is 13.2. The van der Waals surface area contributed by atoms with Crippen molar-refractivity contribution in [2.75, 3.05) is 5.32 Å². The Balaban J connectivity index is 1.64. The Morgan fingerprint density at radius 3 is 2.70 bits per heavy atom. The van der Waals surface area contributed by atoms with E-state index in [0.29, 0.717) is 22.0 Å². The molecule has 1 aliphatic rings. The summed E-state index contributed by atoms with van der Waals surface area (Å²) in [7, 11) is 1.75. The molecular weight excluding hydrogens is 400 g/mol. The maximum absolute atomic E-state index is 13.0. The second-order valence-electron chi connectivity index (χ2n) is 7.70. The van der Waals surface area contributed by atoms with Crippen LogP contribution in [0.15, 0.2) is 24.3 Å². The van der Waals surface area contributed by atoms with Gasteiger partial charge in [-0.25, -0.2) is 4.68 Å². The Kier molecular flexibility index (Phi) is 5.63. The highest BCUT2D eigenvalue weighted by Crippen LogP contribution is 2.38. The van der Waals surface area contributed by atoms with Crippen LogP contribution in [0.2, 0.25) is 0 Å². The average Bonchev–Trinajstić information content (AvgIpc) is 3.30. The van der Waals surface area contributed by atoms with E-state index in [9.17, 15) is 9.59 Å². The minimum absolute atomic E-state index is 0.0249. The number of carbonyl (C=O) groups excluding carboxylic acids is 2. The average molecular weight is 425 g/mol. The number of anilines is 1. The minimum Gasteiger partial charge on any atom is -0.350 e. The lowest BCUT2D eigenvalue weighted by atomic mass is 9.95. The Morgan fingerprint density at radius 1 is 1.17 bits per heavy atom. The Labute approximate surface area is 178 Å². The zero-order chi connectivity index (χ0) is 21.3. The lowest BCUT2D eigenvalue weighted by Crippen LogP contribution is -2.31. The third-order valence-corrected chi connectivity index (χ3v) is 6.26. The van der Waals surface area contributed by atoms with E-state index in [1.54, 1.807) is 29.9 Å². The standard InChI is InChI=1S/C21H24N6O2S/c1-12(2)22-20(29)17-15-9-4-5-10-16(15)30-21(17)23-19(28)14-8-6-7-13(11-14)18-24-25-26-27(18)3/h6-8,11-12H,4-5,9-10H2,1-3H3,(H,22,29)(H,23,28). The number of fused-ring (bicyclic) bond motifs is 1. The van der Waals surface area contributed by atoms with Crippen LogP contribution in [0, 0.1) is 0 Å².